The molecule has 0 saturated heterocycles. The molecule has 2 aliphatic rings. The molecule has 0 heterocycles. The molecule has 1 heteroatoms. The van der Waals surface area contributed by atoms with Crippen LogP contribution in [-0.4, -0.2) is 4.82 Å². The summed E-state index contributed by atoms with van der Waals surface area (Å²) < 4.78 is 0. The molecule has 0 atom stereocenters. The molecule has 0 unspecified atom stereocenters. The Bertz CT molecular complexity index is 288. The van der Waals surface area contributed by atoms with E-state index >= 15 is 0 Å². The van der Waals surface area contributed by atoms with Gasteiger partial charge in [0.25, 0.3) is 0 Å². The molecule has 0 nitrogen and oxygen atoms in total. The normalized spacial score (nSPS) is 14.2. The summed E-state index contributed by atoms with van der Waals surface area (Å²) >= 11 is 1.75. The number of rotatable bonds is 0. The minimum atomic E-state index is 0. The summed E-state index contributed by atoms with van der Waals surface area (Å²) in [6.45, 7) is 6.64. The van der Waals surface area contributed by atoms with Crippen molar-refractivity contribution in [3.8, 4) is 0 Å². The zero-order valence-corrected chi connectivity index (χ0v) is 14.1. The van der Waals surface area contributed by atoms with Gasteiger partial charge in [0.1, 0.15) is 0 Å². The SMILES string of the molecule is CC(C)(C)C1=[C-]CC=C1.[C-]1=CC=CC1.[CH2]=[Ti].[CH3-].[CH3-]. The summed E-state index contributed by atoms with van der Waals surface area (Å²) in [4.78, 5) is 3.25. The number of hydrogen-bond donors (Lipinski definition) is 0. The van der Waals surface area contributed by atoms with Crippen LogP contribution in [0.5, 0.6) is 0 Å². The molecule has 0 aromatic heterocycles. The number of allylic oxidation sites excluding steroid dienone is 8. The van der Waals surface area contributed by atoms with Crippen LogP contribution < -0.4 is 0 Å². The van der Waals surface area contributed by atoms with Gasteiger partial charge in [0, 0.05) is 0 Å². The monoisotopic (exact) mass is 278 g/mol. The van der Waals surface area contributed by atoms with Crippen LogP contribution in [0, 0.1) is 32.4 Å². The zero-order chi connectivity index (χ0) is 12.4. The van der Waals surface area contributed by atoms with E-state index in [9.17, 15) is 0 Å². The Morgan fingerprint density at radius 1 is 1.11 bits per heavy atom. The van der Waals surface area contributed by atoms with Crippen LogP contribution in [0.4, 0.5) is 0 Å². The number of hydrogen-bond acceptors (Lipinski definition) is 0. The average Bonchev–Trinajstić information content (AvgIpc) is 2.96. The third-order valence-corrected chi connectivity index (χ3v) is 2.09. The van der Waals surface area contributed by atoms with E-state index in [1.54, 1.807) is 20.0 Å². The molecule has 102 valence electrons. The molecule has 0 aliphatic heterocycles. The van der Waals surface area contributed by atoms with Crippen LogP contribution in [-0.2, 0) is 20.0 Å². The van der Waals surface area contributed by atoms with Crippen LogP contribution in [0.25, 0.3) is 0 Å². The molecule has 0 spiro atoms. The zero-order valence-electron chi connectivity index (χ0n) is 12.5. The summed E-state index contributed by atoms with van der Waals surface area (Å²) in [6.07, 6.45) is 18.6. The molecule has 2 aliphatic carbocycles. The van der Waals surface area contributed by atoms with Crippen molar-refractivity contribution in [2.75, 3.05) is 0 Å². The van der Waals surface area contributed by atoms with E-state index in [2.05, 4.69) is 56.0 Å². The van der Waals surface area contributed by atoms with E-state index in [4.69, 9.17) is 0 Å². The van der Waals surface area contributed by atoms with Crippen LogP contribution in [0.15, 0.2) is 36.0 Å². The molecule has 18 heavy (non-hydrogen) atoms. The average molecular weight is 278 g/mol. The molecule has 0 N–H and O–H groups in total. The fourth-order valence-corrected chi connectivity index (χ4v) is 1.26. The van der Waals surface area contributed by atoms with Crippen molar-refractivity contribution < 1.29 is 20.0 Å². The van der Waals surface area contributed by atoms with E-state index in [0.717, 1.165) is 12.8 Å². The first kappa shape index (κ1) is 22.7. The first-order valence-corrected chi connectivity index (χ1v) is 6.56. The Labute approximate surface area is 126 Å². The van der Waals surface area contributed by atoms with Crippen molar-refractivity contribution in [2.24, 2.45) is 5.41 Å². The van der Waals surface area contributed by atoms with Gasteiger partial charge in [0.05, 0.1) is 0 Å². The molecular weight excluding hydrogens is 252 g/mol. The van der Waals surface area contributed by atoms with E-state index in [-0.39, 0.29) is 14.9 Å². The van der Waals surface area contributed by atoms with Gasteiger partial charge in [-0.3, -0.25) is 12.2 Å². The van der Waals surface area contributed by atoms with Crippen LogP contribution in [0.2, 0.25) is 0 Å². The summed E-state index contributed by atoms with van der Waals surface area (Å²) in [5, 5.41) is 0. The molecule has 2 rings (SSSR count). The Morgan fingerprint density at radius 3 is 1.89 bits per heavy atom. The van der Waals surface area contributed by atoms with Crippen molar-refractivity contribution in [1.29, 1.82) is 0 Å². The molecule has 0 fully saturated rings. The van der Waals surface area contributed by atoms with Gasteiger partial charge in [-0.25, -0.2) is 23.8 Å². The third kappa shape index (κ3) is 10.7. The van der Waals surface area contributed by atoms with Crippen molar-refractivity contribution in [2.45, 2.75) is 33.6 Å². The Balaban J connectivity index is -0.000000217. The van der Waals surface area contributed by atoms with E-state index in [1.807, 2.05) is 12.2 Å². The largest absolute Gasteiger partial charge is 0.358 e. The van der Waals surface area contributed by atoms with Crippen molar-refractivity contribution in [3.05, 3.63) is 63.0 Å². The second-order valence-electron chi connectivity index (χ2n) is 4.45. The first-order valence-electron chi connectivity index (χ1n) is 5.45. The van der Waals surface area contributed by atoms with Gasteiger partial charge in [-0.1, -0.05) is 20.8 Å². The quantitative estimate of drug-likeness (QED) is 0.437. The predicted molar refractivity (Wildman–Crippen MR) is 81.5 cm³/mol. The maximum absolute atomic E-state index is 3.30. The van der Waals surface area contributed by atoms with E-state index in [0.29, 0.717) is 5.41 Å². The fourth-order valence-electron chi connectivity index (χ4n) is 1.26. The van der Waals surface area contributed by atoms with Gasteiger partial charge in [0.2, 0.25) is 0 Å². The van der Waals surface area contributed by atoms with Crippen LogP contribution in [0.3, 0.4) is 0 Å². The Hall–Kier alpha value is -0.456. The predicted octanol–water partition coefficient (Wildman–Crippen LogP) is 4.89. The second-order valence-corrected chi connectivity index (χ2v) is 4.45. The summed E-state index contributed by atoms with van der Waals surface area (Å²) in [5.41, 5.74) is 1.65. The first-order chi connectivity index (χ1) is 7.61. The fraction of sp³-hybridized carbons (Fsp3) is 0.353. The molecule has 0 saturated carbocycles. The van der Waals surface area contributed by atoms with Crippen LogP contribution in [0.1, 0.15) is 33.6 Å². The van der Waals surface area contributed by atoms with Gasteiger partial charge in [0.15, 0.2) is 0 Å². The van der Waals surface area contributed by atoms with Gasteiger partial charge < -0.3 is 14.9 Å². The topological polar surface area (TPSA) is 0 Å². The maximum atomic E-state index is 3.30. The molecule has 0 radical (unpaired) electrons. The second kappa shape index (κ2) is 13.0. The minimum absolute atomic E-state index is 0. The Kier molecular flexibility index (Phi) is 16.4. The molecular formula is C17H26Ti-4. The Morgan fingerprint density at radius 2 is 1.72 bits per heavy atom. The molecule has 0 bridgehead atoms. The van der Waals surface area contributed by atoms with Crippen molar-refractivity contribution in [1.82, 2.24) is 0 Å². The van der Waals surface area contributed by atoms with E-state index in [1.165, 1.54) is 5.57 Å². The van der Waals surface area contributed by atoms with Crippen molar-refractivity contribution >= 4 is 4.82 Å². The maximum Gasteiger partial charge on any atom is -0.358 e. The van der Waals surface area contributed by atoms with E-state index < -0.39 is 0 Å². The standard InChI is InChI=1S/C9H13.C5H5.2CH3.CH2.Ti/c1-9(2,3)8-6-4-5-7-8;1-2-4-5-3-1;;;;/h4,6H,5H2,1-3H3;1-3H,4H2;2*1H3;1H2;/q4*-1;;. The van der Waals surface area contributed by atoms with Crippen LogP contribution >= 0.6 is 0 Å². The summed E-state index contributed by atoms with van der Waals surface area (Å²) in [7, 11) is 0. The van der Waals surface area contributed by atoms with Gasteiger partial charge in [-0.15, -0.1) is 12.8 Å². The third-order valence-electron chi connectivity index (χ3n) is 2.09. The van der Waals surface area contributed by atoms with Crippen molar-refractivity contribution in [3.63, 3.8) is 0 Å². The summed E-state index contributed by atoms with van der Waals surface area (Å²) in [6, 6.07) is 0. The summed E-state index contributed by atoms with van der Waals surface area (Å²) in [5.74, 6) is 0. The van der Waals surface area contributed by atoms with Gasteiger partial charge in [-0.2, -0.15) is 12.2 Å². The van der Waals surface area contributed by atoms with Gasteiger partial charge >= 0.3 is 24.8 Å². The molecule has 0 amide bonds. The van der Waals surface area contributed by atoms with Gasteiger partial charge in [-0.05, 0) is 5.41 Å². The minimum Gasteiger partial charge on any atom is -0.358 e. The molecule has 0 aromatic rings. The smallest absolute Gasteiger partial charge is 0.358 e. The molecule has 0 aromatic carbocycles.